The van der Waals surface area contributed by atoms with E-state index in [2.05, 4.69) is 16.4 Å². The van der Waals surface area contributed by atoms with Crippen LogP contribution in [0.2, 0.25) is 0 Å². The lowest BCUT2D eigenvalue weighted by atomic mass is 10.2. The van der Waals surface area contributed by atoms with Crippen LogP contribution in [0.25, 0.3) is 0 Å². The van der Waals surface area contributed by atoms with Crippen LogP contribution in [0.4, 0.5) is 5.82 Å². The molecule has 1 radical (unpaired) electrons. The van der Waals surface area contributed by atoms with Gasteiger partial charge in [0.15, 0.2) is 0 Å². The van der Waals surface area contributed by atoms with Crippen LogP contribution in [-0.2, 0) is 10.0 Å². The summed E-state index contributed by atoms with van der Waals surface area (Å²) in [6.07, 6.45) is 1.88. The van der Waals surface area contributed by atoms with Crippen molar-refractivity contribution in [1.82, 2.24) is 9.29 Å². The van der Waals surface area contributed by atoms with Crippen LogP contribution in [0.5, 0.6) is 0 Å². The van der Waals surface area contributed by atoms with Crippen LogP contribution < -0.4 is 11.1 Å². The second kappa shape index (κ2) is 5.14. The zero-order chi connectivity index (χ0) is 14.0. The van der Waals surface area contributed by atoms with Crippen LogP contribution in [0, 0.1) is 6.07 Å². The highest BCUT2D eigenvalue weighted by Gasteiger charge is 2.28. The van der Waals surface area contributed by atoms with Gasteiger partial charge in [-0.3, -0.25) is 4.79 Å². The molecule has 1 amide bonds. The number of sulfonamides is 1. The molecule has 1 saturated heterocycles. The molecule has 1 aromatic heterocycles. The number of nitrogens with zero attached hydrogens (tertiary/aromatic N) is 2. The minimum Gasteiger partial charge on any atom is -0.366 e. The van der Waals surface area contributed by atoms with Gasteiger partial charge in [-0.2, -0.15) is 0 Å². The first-order valence-corrected chi connectivity index (χ1v) is 7.61. The fraction of sp³-hybridized carbons (Fsp3) is 0.455. The third-order valence-electron chi connectivity index (χ3n) is 2.90. The van der Waals surface area contributed by atoms with Gasteiger partial charge in [0.2, 0.25) is 10.0 Å². The monoisotopic (exact) mass is 283 g/mol. The number of carbonyl (C=O) groups excluding carboxylic acids is 1. The Bertz CT molecular complexity index is 587. The lowest BCUT2D eigenvalue weighted by Crippen LogP contribution is -2.30. The highest BCUT2D eigenvalue weighted by atomic mass is 32.2. The van der Waals surface area contributed by atoms with Crippen LogP contribution in [-0.4, -0.2) is 49.0 Å². The molecule has 1 fully saturated rings. The van der Waals surface area contributed by atoms with Crippen molar-refractivity contribution in [3.05, 3.63) is 23.9 Å². The number of nitrogens with one attached hydrogen (secondary N) is 1. The van der Waals surface area contributed by atoms with Crippen LogP contribution in [0.15, 0.2) is 12.1 Å². The summed E-state index contributed by atoms with van der Waals surface area (Å²) in [6.45, 7) is 0.878. The maximum absolute atomic E-state index is 11.4. The van der Waals surface area contributed by atoms with Crippen LogP contribution in [0.3, 0.4) is 0 Å². The number of anilines is 1. The molecule has 8 heteroatoms. The number of amides is 1. The Morgan fingerprint density at radius 1 is 1.63 bits per heavy atom. The van der Waals surface area contributed by atoms with Gasteiger partial charge < -0.3 is 11.1 Å². The van der Waals surface area contributed by atoms with Crippen molar-refractivity contribution in [1.29, 1.82) is 0 Å². The smallest absolute Gasteiger partial charge is 0.268 e. The first kappa shape index (κ1) is 13.8. The summed E-state index contributed by atoms with van der Waals surface area (Å²) in [4.78, 5) is 15.0. The van der Waals surface area contributed by atoms with Crippen LogP contribution in [0.1, 0.15) is 16.9 Å². The minimum atomic E-state index is -3.16. The largest absolute Gasteiger partial charge is 0.366 e. The van der Waals surface area contributed by atoms with E-state index < -0.39 is 15.9 Å². The molecule has 0 saturated carbocycles. The third-order valence-corrected chi connectivity index (χ3v) is 4.17. The Kier molecular flexibility index (Phi) is 3.72. The molecule has 2 rings (SSSR count). The van der Waals surface area contributed by atoms with Crippen molar-refractivity contribution >= 4 is 21.7 Å². The van der Waals surface area contributed by atoms with Gasteiger partial charge in [-0.1, -0.05) is 0 Å². The number of hydrogen-bond donors (Lipinski definition) is 2. The molecule has 3 N–H and O–H groups in total. The van der Waals surface area contributed by atoms with Crippen molar-refractivity contribution in [2.75, 3.05) is 24.7 Å². The lowest BCUT2D eigenvalue weighted by Gasteiger charge is -2.15. The molecule has 1 aromatic rings. The summed E-state index contributed by atoms with van der Waals surface area (Å²) in [7, 11) is -3.16. The first-order valence-electron chi connectivity index (χ1n) is 5.76. The summed E-state index contributed by atoms with van der Waals surface area (Å²) < 4.78 is 24.2. The predicted molar refractivity (Wildman–Crippen MR) is 70.0 cm³/mol. The number of hydrogen-bond acceptors (Lipinski definition) is 5. The van der Waals surface area contributed by atoms with Gasteiger partial charge in [0.1, 0.15) is 11.5 Å². The van der Waals surface area contributed by atoms with Crippen molar-refractivity contribution in [3.63, 3.8) is 0 Å². The molecule has 0 spiro atoms. The van der Waals surface area contributed by atoms with E-state index in [9.17, 15) is 13.2 Å². The van der Waals surface area contributed by atoms with E-state index in [1.54, 1.807) is 12.1 Å². The normalized spacial score (nSPS) is 20.4. The van der Waals surface area contributed by atoms with E-state index in [1.165, 1.54) is 10.6 Å². The molecule has 0 aliphatic carbocycles. The van der Waals surface area contributed by atoms with Gasteiger partial charge in [0.05, 0.1) is 6.26 Å². The summed E-state index contributed by atoms with van der Waals surface area (Å²) >= 11 is 0. The topological polar surface area (TPSA) is 105 Å². The minimum absolute atomic E-state index is 0.0228. The fourth-order valence-corrected chi connectivity index (χ4v) is 2.84. The van der Waals surface area contributed by atoms with Gasteiger partial charge in [0.25, 0.3) is 5.91 Å². The molecule has 0 unspecified atom stereocenters. The van der Waals surface area contributed by atoms with Gasteiger partial charge in [0, 0.05) is 25.2 Å². The number of carbonyl (C=O) groups is 1. The number of primary amides is 1. The summed E-state index contributed by atoms with van der Waals surface area (Å²) in [5, 5.41) is 3.09. The van der Waals surface area contributed by atoms with Crippen molar-refractivity contribution in [3.8, 4) is 0 Å². The van der Waals surface area contributed by atoms with E-state index >= 15 is 0 Å². The van der Waals surface area contributed by atoms with E-state index in [-0.39, 0.29) is 11.7 Å². The second-order valence-corrected chi connectivity index (χ2v) is 6.42. The quantitative estimate of drug-likeness (QED) is 0.769. The summed E-state index contributed by atoms with van der Waals surface area (Å²) in [5.41, 5.74) is 5.18. The molecule has 0 bridgehead atoms. The van der Waals surface area contributed by atoms with Crippen molar-refractivity contribution < 1.29 is 13.2 Å². The first-order chi connectivity index (χ1) is 8.86. The fourth-order valence-electron chi connectivity index (χ4n) is 1.95. The summed E-state index contributed by atoms with van der Waals surface area (Å²) in [6, 6.07) is 5.83. The molecule has 1 aliphatic heterocycles. The van der Waals surface area contributed by atoms with Gasteiger partial charge in [-0.05, 0) is 18.6 Å². The third kappa shape index (κ3) is 3.42. The molecule has 103 valence electrons. The second-order valence-electron chi connectivity index (χ2n) is 4.44. The predicted octanol–water partition coefficient (Wildman–Crippen LogP) is -0.574. The highest BCUT2D eigenvalue weighted by molar-refractivity contribution is 7.88. The SMILES string of the molecule is CS(=O)(=O)N1CC[C@H](Nc2cc[c]c(C(N)=O)n2)C1. The summed E-state index contributed by atoms with van der Waals surface area (Å²) in [5.74, 6) is -0.152. The van der Waals surface area contributed by atoms with Gasteiger partial charge in [-0.25, -0.2) is 17.7 Å². The Hall–Kier alpha value is -1.67. The number of rotatable bonds is 4. The van der Waals surface area contributed by atoms with Gasteiger partial charge in [-0.15, -0.1) is 0 Å². The average Bonchev–Trinajstić information content (AvgIpc) is 2.77. The van der Waals surface area contributed by atoms with E-state index in [1.807, 2.05) is 0 Å². The van der Waals surface area contributed by atoms with Crippen LogP contribution >= 0.6 is 0 Å². The Morgan fingerprint density at radius 2 is 2.37 bits per heavy atom. The molecular weight excluding hydrogens is 268 g/mol. The van der Waals surface area contributed by atoms with Gasteiger partial charge >= 0.3 is 0 Å². The number of pyridine rings is 1. The molecule has 0 aromatic carbocycles. The lowest BCUT2D eigenvalue weighted by molar-refractivity contribution is 0.0995. The molecule has 7 nitrogen and oxygen atoms in total. The van der Waals surface area contributed by atoms with E-state index in [4.69, 9.17) is 5.73 Å². The zero-order valence-corrected chi connectivity index (χ0v) is 11.3. The van der Waals surface area contributed by atoms with E-state index in [0.717, 1.165) is 0 Å². The Labute approximate surface area is 111 Å². The molecule has 2 heterocycles. The van der Waals surface area contributed by atoms with Crippen molar-refractivity contribution in [2.45, 2.75) is 12.5 Å². The molecule has 1 aliphatic rings. The molecule has 1 atom stereocenters. The number of nitrogens with two attached hydrogens (primary N) is 1. The Balaban J connectivity index is 2.03. The number of aromatic nitrogens is 1. The molecule has 19 heavy (non-hydrogen) atoms. The van der Waals surface area contributed by atoms with Crippen molar-refractivity contribution in [2.24, 2.45) is 5.73 Å². The maximum Gasteiger partial charge on any atom is 0.268 e. The highest BCUT2D eigenvalue weighted by Crippen LogP contribution is 2.16. The Morgan fingerprint density at radius 3 is 2.95 bits per heavy atom. The van der Waals surface area contributed by atoms with E-state index in [0.29, 0.717) is 25.3 Å². The maximum atomic E-state index is 11.4. The average molecular weight is 283 g/mol. The standard InChI is InChI=1S/C11H15N4O3S/c1-19(17,18)15-6-5-8(7-15)13-10-4-2-3-9(14-10)11(12)16/h2,4,8H,5-7H2,1H3,(H2,12,16)(H,13,14)/t8-/m0/s1. The zero-order valence-electron chi connectivity index (χ0n) is 10.5. The molecular formula is C11H15N4O3S.